The highest BCUT2D eigenvalue weighted by molar-refractivity contribution is 5.73. The predicted octanol–water partition coefficient (Wildman–Crippen LogP) is 1.24. The summed E-state index contributed by atoms with van der Waals surface area (Å²) >= 11 is 0. The quantitative estimate of drug-likeness (QED) is 0.796. The lowest BCUT2D eigenvalue weighted by Gasteiger charge is -2.35. The number of nitrogens with zero attached hydrogens (tertiary/aromatic N) is 1. The lowest BCUT2D eigenvalue weighted by Crippen LogP contribution is -2.48. The van der Waals surface area contributed by atoms with Crippen molar-refractivity contribution >= 4 is 12.0 Å². The molecule has 0 aromatic carbocycles. The zero-order valence-corrected chi connectivity index (χ0v) is 12.8. The van der Waals surface area contributed by atoms with Gasteiger partial charge in [-0.1, -0.05) is 6.42 Å². The molecule has 0 bridgehead atoms. The Morgan fingerprint density at radius 2 is 2.05 bits per heavy atom. The third kappa shape index (κ3) is 6.75. The minimum Gasteiger partial charge on any atom is -0.444 e. The van der Waals surface area contributed by atoms with E-state index in [4.69, 9.17) is 10.5 Å². The van der Waals surface area contributed by atoms with Gasteiger partial charge in [-0.2, -0.15) is 0 Å². The maximum absolute atomic E-state index is 11.6. The van der Waals surface area contributed by atoms with Crippen LogP contribution >= 0.6 is 0 Å². The van der Waals surface area contributed by atoms with Crippen LogP contribution in [0.5, 0.6) is 0 Å². The van der Waals surface area contributed by atoms with Gasteiger partial charge in [0.05, 0.1) is 0 Å². The topological polar surface area (TPSA) is 84.7 Å². The standard InChI is InChI=1S/C14H27N3O3/c1-14(2,3)20-13(19)16-10-11-6-4-5-8-17(11)9-7-12(15)18/h11H,4-10H2,1-3H3,(H2,15,18)(H,16,19). The Balaban J connectivity index is 2.38. The molecule has 1 atom stereocenters. The fraction of sp³-hybridized carbons (Fsp3) is 0.857. The molecule has 1 unspecified atom stereocenters. The molecule has 1 rings (SSSR count). The lowest BCUT2D eigenvalue weighted by atomic mass is 10.0. The van der Waals surface area contributed by atoms with Crippen molar-refractivity contribution in [1.29, 1.82) is 0 Å². The van der Waals surface area contributed by atoms with Crippen molar-refractivity contribution in [3.8, 4) is 0 Å². The van der Waals surface area contributed by atoms with Crippen LogP contribution in [0.1, 0.15) is 46.5 Å². The average Bonchev–Trinajstić information content (AvgIpc) is 2.32. The number of likely N-dealkylation sites (tertiary alicyclic amines) is 1. The van der Waals surface area contributed by atoms with E-state index < -0.39 is 11.7 Å². The summed E-state index contributed by atoms with van der Waals surface area (Å²) in [5.74, 6) is -0.283. The van der Waals surface area contributed by atoms with E-state index in [1.165, 1.54) is 0 Å². The lowest BCUT2D eigenvalue weighted by molar-refractivity contribution is -0.118. The molecule has 1 aliphatic heterocycles. The van der Waals surface area contributed by atoms with Gasteiger partial charge < -0.3 is 15.8 Å². The third-order valence-corrected chi connectivity index (χ3v) is 3.28. The minimum atomic E-state index is -0.484. The molecule has 1 aliphatic rings. The molecular formula is C14H27N3O3. The van der Waals surface area contributed by atoms with E-state index in [0.717, 1.165) is 25.8 Å². The summed E-state index contributed by atoms with van der Waals surface area (Å²) in [6.45, 7) is 7.68. The van der Waals surface area contributed by atoms with Crippen LogP contribution in [0.3, 0.4) is 0 Å². The maximum Gasteiger partial charge on any atom is 0.407 e. The Labute approximate surface area is 121 Å². The number of alkyl carbamates (subject to hydrolysis) is 1. The highest BCUT2D eigenvalue weighted by Crippen LogP contribution is 2.16. The first kappa shape index (κ1) is 16.8. The highest BCUT2D eigenvalue weighted by atomic mass is 16.6. The van der Waals surface area contributed by atoms with E-state index in [9.17, 15) is 9.59 Å². The summed E-state index contributed by atoms with van der Waals surface area (Å²) in [6.07, 6.45) is 3.27. The van der Waals surface area contributed by atoms with Crippen LogP contribution in [0.25, 0.3) is 0 Å². The maximum atomic E-state index is 11.6. The number of nitrogens with one attached hydrogen (secondary N) is 1. The monoisotopic (exact) mass is 285 g/mol. The number of nitrogens with two attached hydrogens (primary N) is 1. The predicted molar refractivity (Wildman–Crippen MR) is 77.3 cm³/mol. The van der Waals surface area contributed by atoms with Gasteiger partial charge in [0.25, 0.3) is 0 Å². The first-order valence-electron chi connectivity index (χ1n) is 7.27. The number of rotatable bonds is 5. The summed E-state index contributed by atoms with van der Waals surface area (Å²) in [6, 6.07) is 0.260. The van der Waals surface area contributed by atoms with E-state index in [1.54, 1.807) is 0 Å². The Kier molecular flexibility index (Phi) is 6.26. The zero-order chi connectivity index (χ0) is 15.2. The van der Waals surface area contributed by atoms with Gasteiger partial charge in [0.1, 0.15) is 5.60 Å². The molecule has 0 aromatic heterocycles. The van der Waals surface area contributed by atoms with Gasteiger partial charge >= 0.3 is 6.09 Å². The van der Waals surface area contributed by atoms with Gasteiger partial charge in [0, 0.05) is 25.6 Å². The zero-order valence-electron chi connectivity index (χ0n) is 12.8. The number of ether oxygens (including phenoxy) is 1. The van der Waals surface area contributed by atoms with Crippen molar-refractivity contribution in [3.63, 3.8) is 0 Å². The first-order valence-corrected chi connectivity index (χ1v) is 7.27. The Morgan fingerprint density at radius 3 is 2.65 bits per heavy atom. The third-order valence-electron chi connectivity index (χ3n) is 3.28. The largest absolute Gasteiger partial charge is 0.444 e. The van der Waals surface area contributed by atoms with Crippen LogP contribution in [-0.2, 0) is 9.53 Å². The molecule has 0 spiro atoms. The molecule has 6 nitrogen and oxygen atoms in total. The van der Waals surface area contributed by atoms with Gasteiger partial charge in [0.2, 0.25) is 5.91 Å². The van der Waals surface area contributed by atoms with E-state index >= 15 is 0 Å². The SMILES string of the molecule is CC(C)(C)OC(=O)NCC1CCCCN1CCC(N)=O. The van der Waals surface area contributed by atoms with Crippen molar-refractivity contribution in [2.75, 3.05) is 19.6 Å². The Hall–Kier alpha value is -1.30. The second kappa shape index (κ2) is 7.47. The van der Waals surface area contributed by atoms with Gasteiger partial charge in [-0.3, -0.25) is 9.69 Å². The molecule has 1 heterocycles. The normalized spacial score (nSPS) is 20.4. The Morgan fingerprint density at radius 1 is 1.35 bits per heavy atom. The molecule has 1 saturated heterocycles. The number of hydrogen-bond donors (Lipinski definition) is 2. The molecule has 116 valence electrons. The number of carbonyl (C=O) groups excluding carboxylic acids is 2. The van der Waals surface area contributed by atoms with Gasteiger partial charge in [0.15, 0.2) is 0 Å². The van der Waals surface area contributed by atoms with E-state index in [2.05, 4.69) is 10.2 Å². The molecule has 0 saturated carbocycles. The molecule has 20 heavy (non-hydrogen) atoms. The smallest absolute Gasteiger partial charge is 0.407 e. The van der Waals surface area contributed by atoms with Gasteiger partial charge in [-0.15, -0.1) is 0 Å². The molecule has 1 fully saturated rings. The van der Waals surface area contributed by atoms with E-state index in [1.807, 2.05) is 20.8 Å². The molecular weight excluding hydrogens is 258 g/mol. The van der Waals surface area contributed by atoms with Crippen LogP contribution < -0.4 is 11.1 Å². The highest BCUT2D eigenvalue weighted by Gasteiger charge is 2.24. The van der Waals surface area contributed by atoms with Crippen molar-refractivity contribution in [2.45, 2.75) is 58.1 Å². The number of primary amides is 1. The Bertz CT molecular complexity index is 339. The second-order valence-electron chi connectivity index (χ2n) is 6.28. The summed E-state index contributed by atoms with van der Waals surface area (Å²) in [5.41, 5.74) is 4.71. The summed E-state index contributed by atoms with van der Waals surface area (Å²) in [4.78, 5) is 24.8. The minimum absolute atomic E-state index is 0.260. The second-order valence-corrected chi connectivity index (χ2v) is 6.28. The van der Waals surface area contributed by atoms with Gasteiger partial charge in [-0.25, -0.2) is 4.79 Å². The van der Waals surface area contributed by atoms with Crippen LogP contribution in [0.4, 0.5) is 4.79 Å². The molecule has 0 aliphatic carbocycles. The molecule has 6 heteroatoms. The van der Waals surface area contributed by atoms with Crippen LogP contribution in [0, 0.1) is 0 Å². The first-order chi connectivity index (χ1) is 9.28. The van der Waals surface area contributed by atoms with Crippen LogP contribution in [0.2, 0.25) is 0 Å². The number of piperidine rings is 1. The van der Waals surface area contributed by atoms with Gasteiger partial charge in [-0.05, 0) is 40.2 Å². The molecule has 0 radical (unpaired) electrons. The van der Waals surface area contributed by atoms with E-state index in [-0.39, 0.29) is 11.9 Å². The van der Waals surface area contributed by atoms with E-state index in [0.29, 0.717) is 19.5 Å². The summed E-state index contributed by atoms with van der Waals surface area (Å²) in [7, 11) is 0. The molecule has 3 N–H and O–H groups in total. The molecule has 2 amide bonds. The molecule has 0 aromatic rings. The van der Waals surface area contributed by atoms with Crippen molar-refractivity contribution in [3.05, 3.63) is 0 Å². The number of amides is 2. The summed E-state index contributed by atoms with van der Waals surface area (Å²) in [5, 5.41) is 2.81. The fourth-order valence-electron chi connectivity index (χ4n) is 2.35. The number of hydrogen-bond acceptors (Lipinski definition) is 4. The van der Waals surface area contributed by atoms with Crippen molar-refractivity contribution < 1.29 is 14.3 Å². The van der Waals surface area contributed by atoms with Crippen molar-refractivity contribution in [1.82, 2.24) is 10.2 Å². The number of carbonyl (C=O) groups is 2. The van der Waals surface area contributed by atoms with Crippen LogP contribution in [0.15, 0.2) is 0 Å². The fourth-order valence-corrected chi connectivity index (χ4v) is 2.35. The average molecular weight is 285 g/mol. The van der Waals surface area contributed by atoms with Crippen LogP contribution in [-0.4, -0.2) is 48.2 Å². The summed E-state index contributed by atoms with van der Waals surface area (Å²) < 4.78 is 5.22. The van der Waals surface area contributed by atoms with Crippen molar-refractivity contribution in [2.24, 2.45) is 5.73 Å².